The van der Waals surface area contributed by atoms with Crippen LogP contribution < -0.4 is 5.32 Å². The van der Waals surface area contributed by atoms with Crippen molar-refractivity contribution in [3.8, 4) is 0 Å². The minimum absolute atomic E-state index is 0.198. The molecule has 1 aromatic heterocycles. The molecule has 30 heavy (non-hydrogen) atoms. The molecule has 0 aliphatic heterocycles. The lowest BCUT2D eigenvalue weighted by atomic mass is 10.2. The molecule has 152 valence electrons. The van der Waals surface area contributed by atoms with Crippen LogP contribution in [0, 0.1) is 25.5 Å². The van der Waals surface area contributed by atoms with Gasteiger partial charge in [-0.05, 0) is 50.2 Å². The quantitative estimate of drug-likeness (QED) is 0.317. The van der Waals surface area contributed by atoms with E-state index in [1.165, 1.54) is 34.6 Å². The Morgan fingerprint density at radius 3 is 2.00 bits per heavy atom. The molecule has 1 N–H and O–H groups in total. The number of benzene rings is 3. The highest BCUT2D eigenvalue weighted by Gasteiger charge is 2.16. The fraction of sp³-hybridized carbons (Fsp3) is 0.0870. The van der Waals surface area contributed by atoms with Crippen LogP contribution in [0.5, 0.6) is 0 Å². The van der Waals surface area contributed by atoms with Crippen LogP contribution in [0.3, 0.4) is 0 Å². The van der Waals surface area contributed by atoms with Crippen molar-refractivity contribution in [2.75, 3.05) is 5.32 Å². The second kappa shape index (κ2) is 9.20. The Kier molecular flexibility index (Phi) is 6.41. The molecule has 0 fully saturated rings. The molecule has 4 rings (SSSR count). The van der Waals surface area contributed by atoms with Gasteiger partial charge in [0.05, 0.1) is 5.69 Å². The van der Waals surface area contributed by atoms with E-state index in [1.54, 1.807) is 23.5 Å². The lowest BCUT2D eigenvalue weighted by Crippen LogP contribution is -1.93. The molecule has 3 aromatic carbocycles. The number of halogens is 2. The van der Waals surface area contributed by atoms with E-state index in [9.17, 15) is 8.78 Å². The molecule has 0 amide bonds. The van der Waals surface area contributed by atoms with Crippen molar-refractivity contribution >= 4 is 45.7 Å². The topological polar surface area (TPSA) is 24.9 Å². The monoisotopic (exact) mass is 456 g/mol. The van der Waals surface area contributed by atoms with Crippen LogP contribution >= 0.6 is 34.9 Å². The number of aryl methyl sites for hydroxylation is 2. The summed E-state index contributed by atoms with van der Waals surface area (Å²) in [4.78, 5) is 6.88. The van der Waals surface area contributed by atoms with Crippen LogP contribution in [-0.4, -0.2) is 4.98 Å². The number of rotatable bonds is 6. The second-order valence-electron chi connectivity index (χ2n) is 6.69. The number of anilines is 2. The summed E-state index contributed by atoms with van der Waals surface area (Å²) >= 11 is 4.64. The van der Waals surface area contributed by atoms with E-state index in [4.69, 9.17) is 0 Å². The molecular formula is C23H18F2N2S3. The molecular weight excluding hydrogens is 438 g/mol. The summed E-state index contributed by atoms with van der Waals surface area (Å²) in [6, 6.07) is 20.0. The minimum Gasteiger partial charge on any atom is -0.329 e. The number of hydrogen-bond acceptors (Lipinski definition) is 5. The van der Waals surface area contributed by atoms with E-state index < -0.39 is 11.6 Å². The Morgan fingerprint density at radius 2 is 1.40 bits per heavy atom. The normalized spacial score (nSPS) is 10.9. The Balaban J connectivity index is 1.64. The van der Waals surface area contributed by atoms with Crippen LogP contribution in [0.25, 0.3) is 0 Å². The van der Waals surface area contributed by atoms with Crippen molar-refractivity contribution in [1.82, 2.24) is 4.98 Å². The van der Waals surface area contributed by atoms with Crippen LogP contribution in [0.2, 0.25) is 0 Å². The average molecular weight is 457 g/mol. The van der Waals surface area contributed by atoms with Gasteiger partial charge >= 0.3 is 0 Å². The van der Waals surface area contributed by atoms with Gasteiger partial charge in [0.1, 0.15) is 20.9 Å². The first kappa shape index (κ1) is 20.9. The van der Waals surface area contributed by atoms with Crippen LogP contribution in [0.1, 0.15) is 11.1 Å². The number of nitrogens with zero attached hydrogens (tertiary/aromatic N) is 1. The van der Waals surface area contributed by atoms with Gasteiger partial charge in [-0.2, -0.15) is 0 Å². The molecule has 0 saturated heterocycles. The van der Waals surface area contributed by atoms with E-state index in [0.717, 1.165) is 25.1 Å². The first-order chi connectivity index (χ1) is 14.5. The standard InChI is InChI=1S/C23H18F2N2S3/c1-14-3-8-17(9-4-14)28-21-22(29-18-10-5-15(2)6-11-18)30-23(27-21)26-20-12-7-16(24)13-19(20)25/h3-13H,1-2H3,(H,26,27). The van der Waals surface area contributed by atoms with Crippen molar-refractivity contribution in [1.29, 1.82) is 0 Å². The molecule has 7 heteroatoms. The molecule has 0 saturated carbocycles. The molecule has 0 unspecified atom stereocenters. The van der Waals surface area contributed by atoms with Gasteiger partial charge in [-0.15, -0.1) is 0 Å². The number of thiazole rings is 1. The van der Waals surface area contributed by atoms with Crippen molar-refractivity contribution < 1.29 is 8.78 Å². The lowest BCUT2D eigenvalue weighted by Gasteiger charge is -2.03. The van der Waals surface area contributed by atoms with Crippen LogP contribution in [0.4, 0.5) is 19.6 Å². The minimum atomic E-state index is -0.648. The zero-order valence-corrected chi connectivity index (χ0v) is 18.7. The lowest BCUT2D eigenvalue weighted by molar-refractivity contribution is 0.586. The summed E-state index contributed by atoms with van der Waals surface area (Å²) < 4.78 is 28.3. The summed E-state index contributed by atoms with van der Waals surface area (Å²) in [5, 5.41) is 4.40. The third-order valence-electron chi connectivity index (χ3n) is 4.21. The predicted octanol–water partition coefficient (Wildman–Crippen LogP) is 8.08. The Hall–Kier alpha value is -2.35. The van der Waals surface area contributed by atoms with Crippen molar-refractivity contribution in [2.45, 2.75) is 32.9 Å². The van der Waals surface area contributed by atoms with Gasteiger partial charge < -0.3 is 5.32 Å². The first-order valence-electron chi connectivity index (χ1n) is 9.18. The smallest absolute Gasteiger partial charge is 0.189 e. The van der Waals surface area contributed by atoms with E-state index in [1.807, 2.05) is 0 Å². The van der Waals surface area contributed by atoms with Gasteiger partial charge in [-0.1, -0.05) is 70.3 Å². The second-order valence-corrected chi connectivity index (χ2v) is 10.1. The number of aromatic nitrogens is 1. The molecule has 0 aliphatic rings. The summed E-state index contributed by atoms with van der Waals surface area (Å²) in [7, 11) is 0. The summed E-state index contributed by atoms with van der Waals surface area (Å²) in [6.45, 7) is 4.11. The van der Waals surface area contributed by atoms with Crippen molar-refractivity contribution in [2.24, 2.45) is 0 Å². The number of hydrogen-bond donors (Lipinski definition) is 1. The number of nitrogens with one attached hydrogen (secondary N) is 1. The SMILES string of the molecule is Cc1ccc(Sc2nc(Nc3ccc(F)cc3F)sc2Sc2ccc(C)cc2)cc1. The molecule has 0 radical (unpaired) electrons. The average Bonchev–Trinajstić information content (AvgIpc) is 3.08. The highest BCUT2D eigenvalue weighted by Crippen LogP contribution is 2.44. The maximum absolute atomic E-state index is 14.1. The summed E-state index contributed by atoms with van der Waals surface area (Å²) in [5.74, 6) is -1.26. The molecule has 4 aromatic rings. The molecule has 1 heterocycles. The van der Waals surface area contributed by atoms with Gasteiger partial charge in [0, 0.05) is 15.9 Å². The Morgan fingerprint density at radius 1 is 0.800 bits per heavy atom. The third kappa shape index (κ3) is 5.22. The Labute approximate surface area is 186 Å². The molecule has 2 nitrogen and oxygen atoms in total. The van der Waals surface area contributed by atoms with E-state index >= 15 is 0 Å². The maximum atomic E-state index is 14.1. The van der Waals surface area contributed by atoms with Gasteiger partial charge in [-0.25, -0.2) is 13.8 Å². The molecule has 0 atom stereocenters. The zero-order chi connectivity index (χ0) is 21.1. The summed E-state index contributed by atoms with van der Waals surface area (Å²) in [5.41, 5.74) is 2.59. The largest absolute Gasteiger partial charge is 0.329 e. The van der Waals surface area contributed by atoms with Crippen molar-refractivity contribution in [3.05, 3.63) is 89.5 Å². The van der Waals surface area contributed by atoms with E-state index in [0.29, 0.717) is 5.13 Å². The van der Waals surface area contributed by atoms with Crippen LogP contribution in [-0.2, 0) is 0 Å². The first-order valence-corrected chi connectivity index (χ1v) is 11.6. The van der Waals surface area contributed by atoms with Crippen molar-refractivity contribution in [3.63, 3.8) is 0 Å². The zero-order valence-electron chi connectivity index (χ0n) is 16.3. The highest BCUT2D eigenvalue weighted by molar-refractivity contribution is 8.03. The Bertz CT molecular complexity index is 1090. The van der Waals surface area contributed by atoms with Crippen LogP contribution in [0.15, 0.2) is 85.8 Å². The van der Waals surface area contributed by atoms with E-state index in [2.05, 4.69) is 72.7 Å². The molecule has 0 aliphatic carbocycles. The third-order valence-corrected chi connectivity index (χ3v) is 7.61. The van der Waals surface area contributed by atoms with Gasteiger partial charge in [-0.3, -0.25) is 0 Å². The fourth-order valence-corrected chi connectivity index (χ4v) is 5.80. The van der Waals surface area contributed by atoms with Gasteiger partial charge in [0.15, 0.2) is 5.13 Å². The highest BCUT2D eigenvalue weighted by atomic mass is 32.2. The predicted molar refractivity (Wildman–Crippen MR) is 122 cm³/mol. The maximum Gasteiger partial charge on any atom is 0.189 e. The van der Waals surface area contributed by atoms with E-state index in [-0.39, 0.29) is 5.69 Å². The molecule has 0 bridgehead atoms. The van der Waals surface area contributed by atoms with Gasteiger partial charge in [0.2, 0.25) is 0 Å². The summed E-state index contributed by atoms with van der Waals surface area (Å²) in [6.07, 6.45) is 0. The molecule has 0 spiro atoms. The van der Waals surface area contributed by atoms with Gasteiger partial charge in [0.25, 0.3) is 0 Å². The fourth-order valence-electron chi connectivity index (χ4n) is 2.61.